The highest BCUT2D eigenvalue weighted by Crippen LogP contribution is 2.16. The van der Waals surface area contributed by atoms with Gasteiger partial charge in [0.1, 0.15) is 5.75 Å². The Balaban J connectivity index is 2.07. The number of ether oxygens (including phenoxy) is 1. The molecule has 0 unspecified atom stereocenters. The molecule has 0 saturated carbocycles. The molecule has 2 aromatic carbocycles. The van der Waals surface area contributed by atoms with Crippen LogP contribution in [0, 0.1) is 11.6 Å². The molecule has 2 aromatic rings. The van der Waals surface area contributed by atoms with Crippen LogP contribution in [0.15, 0.2) is 48.5 Å². The van der Waals surface area contributed by atoms with Gasteiger partial charge < -0.3 is 4.74 Å². The van der Waals surface area contributed by atoms with Crippen LogP contribution < -0.4 is 4.74 Å². The maximum Gasteiger partial charge on any atom is 0.387 e. The van der Waals surface area contributed by atoms with Crippen LogP contribution in [0.5, 0.6) is 5.75 Å². The molecule has 0 aliphatic rings. The number of halogens is 4. The number of alkyl halides is 2. The van der Waals surface area contributed by atoms with Crippen molar-refractivity contribution < 1.29 is 27.1 Å². The summed E-state index contributed by atoms with van der Waals surface area (Å²) in [6.07, 6.45) is 2.60. The fourth-order valence-corrected chi connectivity index (χ4v) is 1.68. The van der Waals surface area contributed by atoms with E-state index in [0.717, 1.165) is 12.1 Å². The Labute approximate surface area is 123 Å². The van der Waals surface area contributed by atoms with Gasteiger partial charge in [0.05, 0.1) is 0 Å². The van der Waals surface area contributed by atoms with E-state index in [2.05, 4.69) is 4.74 Å². The molecule has 0 N–H and O–H groups in total. The first-order valence-electron chi connectivity index (χ1n) is 6.18. The molecule has 0 aliphatic carbocycles. The second kappa shape index (κ2) is 6.89. The Morgan fingerprint density at radius 1 is 1.00 bits per heavy atom. The molecule has 0 amide bonds. The van der Waals surface area contributed by atoms with E-state index in [0.29, 0.717) is 5.56 Å². The molecule has 0 aliphatic heterocycles. The van der Waals surface area contributed by atoms with Gasteiger partial charge in [0.25, 0.3) is 0 Å². The van der Waals surface area contributed by atoms with Crippen LogP contribution >= 0.6 is 0 Å². The van der Waals surface area contributed by atoms with Gasteiger partial charge in [0, 0.05) is 5.56 Å². The molecule has 0 atom stereocenters. The van der Waals surface area contributed by atoms with Crippen LogP contribution in [0.4, 0.5) is 17.6 Å². The second-order valence-electron chi connectivity index (χ2n) is 4.27. The first-order valence-corrected chi connectivity index (χ1v) is 6.18. The lowest BCUT2D eigenvalue weighted by atomic mass is 10.1. The van der Waals surface area contributed by atoms with Gasteiger partial charge in [-0.2, -0.15) is 8.78 Å². The highest BCUT2D eigenvalue weighted by molar-refractivity contribution is 6.06. The smallest absolute Gasteiger partial charge is 0.387 e. The minimum absolute atomic E-state index is 0.000850. The van der Waals surface area contributed by atoms with Gasteiger partial charge in [-0.25, -0.2) is 8.78 Å². The molecule has 0 saturated heterocycles. The van der Waals surface area contributed by atoms with Crippen molar-refractivity contribution >= 4 is 11.9 Å². The third kappa shape index (κ3) is 4.18. The van der Waals surface area contributed by atoms with E-state index < -0.39 is 24.0 Å². The summed E-state index contributed by atoms with van der Waals surface area (Å²) in [7, 11) is 0. The quantitative estimate of drug-likeness (QED) is 0.463. The number of allylic oxidation sites excluding steroid dienone is 1. The number of hydrogen-bond donors (Lipinski definition) is 0. The molecule has 0 heterocycles. The number of benzene rings is 2. The number of carbonyl (C=O) groups is 1. The Kier molecular flexibility index (Phi) is 4.93. The van der Waals surface area contributed by atoms with Gasteiger partial charge >= 0.3 is 6.61 Å². The van der Waals surface area contributed by atoms with Crippen molar-refractivity contribution in [1.29, 1.82) is 0 Å². The molecular weight excluding hydrogens is 300 g/mol. The topological polar surface area (TPSA) is 26.3 Å². The van der Waals surface area contributed by atoms with E-state index >= 15 is 0 Å². The minimum Gasteiger partial charge on any atom is -0.435 e. The van der Waals surface area contributed by atoms with Crippen molar-refractivity contribution in [3.8, 4) is 5.75 Å². The third-order valence-electron chi connectivity index (χ3n) is 2.74. The van der Waals surface area contributed by atoms with Gasteiger partial charge in [-0.05, 0) is 42.0 Å². The molecule has 0 aromatic heterocycles. The molecular formula is C16H10F4O2. The van der Waals surface area contributed by atoms with Gasteiger partial charge in [-0.15, -0.1) is 0 Å². The fourth-order valence-electron chi connectivity index (χ4n) is 1.68. The molecule has 6 heteroatoms. The first-order chi connectivity index (χ1) is 10.5. The van der Waals surface area contributed by atoms with Crippen LogP contribution in [-0.4, -0.2) is 12.4 Å². The fraction of sp³-hybridized carbons (Fsp3) is 0.0625. The number of ketones is 1. The average Bonchev–Trinajstić information content (AvgIpc) is 2.48. The van der Waals surface area contributed by atoms with Crippen molar-refractivity contribution in [3.63, 3.8) is 0 Å². The summed E-state index contributed by atoms with van der Waals surface area (Å²) in [5, 5.41) is 0. The van der Waals surface area contributed by atoms with Crippen LogP contribution in [0.3, 0.4) is 0 Å². The number of rotatable bonds is 5. The SMILES string of the molecule is O=C(C=Cc1ccc(OC(F)F)cc1)c1ccc(F)c(F)c1. The van der Waals surface area contributed by atoms with Gasteiger partial charge in [-0.3, -0.25) is 4.79 Å². The van der Waals surface area contributed by atoms with Crippen molar-refractivity contribution in [2.24, 2.45) is 0 Å². The van der Waals surface area contributed by atoms with E-state index in [1.807, 2.05) is 0 Å². The van der Waals surface area contributed by atoms with Crippen molar-refractivity contribution in [1.82, 2.24) is 0 Å². The monoisotopic (exact) mass is 310 g/mol. The lowest BCUT2D eigenvalue weighted by Crippen LogP contribution is -2.01. The maximum absolute atomic E-state index is 13.0. The Morgan fingerprint density at radius 2 is 1.68 bits per heavy atom. The lowest BCUT2D eigenvalue weighted by molar-refractivity contribution is -0.0498. The van der Waals surface area contributed by atoms with Crippen molar-refractivity contribution in [2.75, 3.05) is 0 Å². The lowest BCUT2D eigenvalue weighted by Gasteiger charge is -2.03. The molecule has 22 heavy (non-hydrogen) atoms. The maximum atomic E-state index is 13.0. The highest BCUT2D eigenvalue weighted by atomic mass is 19.3. The zero-order valence-corrected chi connectivity index (χ0v) is 11.1. The summed E-state index contributed by atoms with van der Waals surface area (Å²) in [6, 6.07) is 8.46. The average molecular weight is 310 g/mol. The van der Waals surface area contributed by atoms with E-state index in [9.17, 15) is 22.4 Å². The van der Waals surface area contributed by atoms with Crippen LogP contribution in [0.25, 0.3) is 6.08 Å². The third-order valence-corrected chi connectivity index (χ3v) is 2.74. The summed E-state index contributed by atoms with van der Waals surface area (Å²) in [5.74, 6) is -2.64. The second-order valence-corrected chi connectivity index (χ2v) is 4.27. The molecule has 0 fully saturated rings. The highest BCUT2D eigenvalue weighted by Gasteiger charge is 2.07. The summed E-state index contributed by atoms with van der Waals surface area (Å²) in [4.78, 5) is 11.8. The molecule has 2 rings (SSSR count). The molecule has 0 spiro atoms. The number of carbonyl (C=O) groups excluding carboxylic acids is 1. The van der Waals surface area contributed by atoms with Crippen LogP contribution in [0.1, 0.15) is 15.9 Å². The van der Waals surface area contributed by atoms with E-state index in [1.54, 1.807) is 0 Å². The summed E-state index contributed by atoms with van der Waals surface area (Å²) >= 11 is 0. The molecule has 114 valence electrons. The predicted molar refractivity (Wildman–Crippen MR) is 72.8 cm³/mol. The zero-order chi connectivity index (χ0) is 16.1. The summed E-state index contributed by atoms with van der Waals surface area (Å²) in [5.41, 5.74) is 0.574. The van der Waals surface area contributed by atoms with E-state index in [1.165, 1.54) is 42.5 Å². The van der Waals surface area contributed by atoms with Crippen LogP contribution in [0.2, 0.25) is 0 Å². The Morgan fingerprint density at radius 3 is 2.27 bits per heavy atom. The molecule has 0 bridgehead atoms. The van der Waals surface area contributed by atoms with Crippen LogP contribution in [-0.2, 0) is 0 Å². The summed E-state index contributed by atoms with van der Waals surface area (Å²) < 4.78 is 54.0. The van der Waals surface area contributed by atoms with Gasteiger partial charge in [0.2, 0.25) is 0 Å². The Hall–Kier alpha value is -2.63. The number of hydrogen-bond acceptors (Lipinski definition) is 2. The van der Waals surface area contributed by atoms with Crippen molar-refractivity contribution in [3.05, 3.63) is 71.3 Å². The normalized spacial score (nSPS) is 11.1. The van der Waals surface area contributed by atoms with E-state index in [-0.39, 0.29) is 11.3 Å². The van der Waals surface area contributed by atoms with Gasteiger partial charge in [-0.1, -0.05) is 18.2 Å². The van der Waals surface area contributed by atoms with E-state index in [4.69, 9.17) is 0 Å². The molecule has 2 nitrogen and oxygen atoms in total. The minimum atomic E-state index is -2.91. The van der Waals surface area contributed by atoms with Crippen molar-refractivity contribution in [2.45, 2.75) is 6.61 Å². The van der Waals surface area contributed by atoms with Gasteiger partial charge in [0.15, 0.2) is 17.4 Å². The zero-order valence-electron chi connectivity index (χ0n) is 11.1. The standard InChI is InChI=1S/C16H10F4O2/c17-13-7-4-11(9-14(13)18)15(21)8-3-10-1-5-12(6-2-10)22-16(19)20/h1-9,16H. The molecule has 0 radical (unpaired) electrons. The summed E-state index contributed by atoms with van der Waals surface area (Å²) in [6.45, 7) is -2.91. The predicted octanol–water partition coefficient (Wildman–Crippen LogP) is 4.46. The Bertz CT molecular complexity index is 694. The largest absolute Gasteiger partial charge is 0.435 e. The first kappa shape index (κ1) is 15.8.